The molecule has 5 nitrogen and oxygen atoms in total. The van der Waals surface area contributed by atoms with Crippen LogP contribution in [-0.2, 0) is 16.0 Å². The van der Waals surface area contributed by atoms with Crippen molar-refractivity contribution >= 4 is 11.8 Å². The Hall–Kier alpha value is -1.95. The molecule has 0 aromatic heterocycles. The Morgan fingerprint density at radius 1 is 1.15 bits per heavy atom. The van der Waals surface area contributed by atoms with Gasteiger partial charge in [0.25, 0.3) is 0 Å². The summed E-state index contributed by atoms with van der Waals surface area (Å²) in [5.41, 5.74) is 0.223. The number of hydrogen-bond acceptors (Lipinski definition) is 3. The van der Waals surface area contributed by atoms with Crippen LogP contribution in [0.2, 0.25) is 0 Å². The first-order valence-corrected chi connectivity index (χ1v) is 9.48. The average molecular weight is 359 g/mol. The summed E-state index contributed by atoms with van der Waals surface area (Å²) in [6, 6.07) is 6.20. The number of fused-ring (bicyclic) bond motifs is 1. The molecule has 0 saturated carbocycles. The normalized spacial score (nSPS) is 28.6. The van der Waals surface area contributed by atoms with Gasteiger partial charge in [0, 0.05) is 45.2 Å². The van der Waals surface area contributed by atoms with Crippen molar-refractivity contribution in [1.29, 1.82) is 0 Å². The van der Waals surface area contributed by atoms with Gasteiger partial charge in [-0.05, 0) is 37.6 Å². The van der Waals surface area contributed by atoms with Crippen molar-refractivity contribution in [3.8, 4) is 0 Å². The summed E-state index contributed by atoms with van der Waals surface area (Å²) in [5, 5.41) is 0. The molecule has 140 valence electrons. The van der Waals surface area contributed by atoms with Crippen LogP contribution < -0.4 is 0 Å². The Kier molecular flexibility index (Phi) is 4.47. The van der Waals surface area contributed by atoms with E-state index in [0.29, 0.717) is 18.7 Å². The topological polar surface area (TPSA) is 43.9 Å². The van der Waals surface area contributed by atoms with Gasteiger partial charge in [0.1, 0.15) is 5.82 Å². The van der Waals surface area contributed by atoms with Crippen molar-refractivity contribution in [2.45, 2.75) is 19.3 Å². The minimum atomic E-state index is -0.462. The van der Waals surface area contributed by atoms with Crippen LogP contribution in [0.15, 0.2) is 24.3 Å². The van der Waals surface area contributed by atoms with Gasteiger partial charge in [-0.25, -0.2) is 4.39 Å². The van der Waals surface area contributed by atoms with Crippen LogP contribution in [0, 0.1) is 17.2 Å². The molecule has 3 aliphatic heterocycles. The SMILES string of the molecule is CN1C[C@H]2CN(C(=O)Cc3cccc(F)c3)C[C@@]2(C(=O)N2CCCC2)C1. The minimum Gasteiger partial charge on any atom is -0.342 e. The van der Waals surface area contributed by atoms with E-state index in [-0.39, 0.29) is 30.0 Å². The first kappa shape index (κ1) is 17.5. The maximum atomic E-state index is 13.4. The number of hydrogen-bond donors (Lipinski definition) is 0. The van der Waals surface area contributed by atoms with Crippen LogP contribution in [0.4, 0.5) is 4.39 Å². The van der Waals surface area contributed by atoms with Gasteiger partial charge in [-0.1, -0.05) is 12.1 Å². The summed E-state index contributed by atoms with van der Waals surface area (Å²) in [5.74, 6) is 0.0830. The van der Waals surface area contributed by atoms with Crippen molar-refractivity contribution in [1.82, 2.24) is 14.7 Å². The molecule has 3 saturated heterocycles. The molecule has 0 radical (unpaired) electrons. The van der Waals surface area contributed by atoms with E-state index in [0.717, 1.165) is 39.0 Å². The second-order valence-corrected chi connectivity index (χ2v) is 8.13. The highest BCUT2D eigenvalue weighted by Crippen LogP contribution is 2.44. The highest BCUT2D eigenvalue weighted by molar-refractivity contribution is 5.87. The highest BCUT2D eigenvalue weighted by Gasteiger charge is 2.58. The van der Waals surface area contributed by atoms with Gasteiger partial charge in [0.05, 0.1) is 11.8 Å². The zero-order valence-electron chi connectivity index (χ0n) is 15.3. The molecule has 0 bridgehead atoms. The molecular weight excluding hydrogens is 333 g/mol. The standard InChI is InChI=1S/C20H26FN3O2/c1-22-11-16-12-24(18(25)10-15-5-4-6-17(21)9-15)14-20(16,13-22)19(26)23-7-2-3-8-23/h4-6,9,16H,2-3,7-8,10-14H2,1H3/t16-,20-/m0/s1. The van der Waals surface area contributed by atoms with Crippen LogP contribution in [0.1, 0.15) is 18.4 Å². The fourth-order valence-corrected chi connectivity index (χ4v) is 4.98. The lowest BCUT2D eigenvalue weighted by Crippen LogP contribution is -2.49. The zero-order chi connectivity index (χ0) is 18.3. The maximum Gasteiger partial charge on any atom is 0.232 e. The number of amides is 2. The smallest absolute Gasteiger partial charge is 0.232 e. The first-order valence-electron chi connectivity index (χ1n) is 9.48. The molecule has 6 heteroatoms. The van der Waals surface area contributed by atoms with Gasteiger partial charge < -0.3 is 14.7 Å². The number of halogens is 1. The molecule has 1 aromatic rings. The summed E-state index contributed by atoms with van der Waals surface area (Å²) in [6.45, 7) is 4.37. The second kappa shape index (κ2) is 6.65. The predicted octanol–water partition coefficient (Wildman–Crippen LogP) is 1.38. The van der Waals surface area contributed by atoms with Gasteiger partial charge in [-0.3, -0.25) is 9.59 Å². The van der Waals surface area contributed by atoms with E-state index in [1.165, 1.54) is 12.1 Å². The van der Waals surface area contributed by atoms with E-state index < -0.39 is 5.41 Å². The largest absolute Gasteiger partial charge is 0.342 e. The summed E-state index contributed by atoms with van der Waals surface area (Å²) >= 11 is 0. The third kappa shape index (κ3) is 3.00. The Morgan fingerprint density at radius 2 is 1.92 bits per heavy atom. The van der Waals surface area contributed by atoms with Crippen molar-refractivity contribution in [2.24, 2.45) is 11.3 Å². The Balaban J connectivity index is 1.50. The molecule has 2 amide bonds. The molecule has 4 rings (SSSR count). The second-order valence-electron chi connectivity index (χ2n) is 8.13. The van der Waals surface area contributed by atoms with Crippen LogP contribution in [0.25, 0.3) is 0 Å². The summed E-state index contributed by atoms with van der Waals surface area (Å²) in [4.78, 5) is 32.1. The van der Waals surface area contributed by atoms with E-state index in [2.05, 4.69) is 11.9 Å². The van der Waals surface area contributed by atoms with Crippen molar-refractivity contribution < 1.29 is 14.0 Å². The Morgan fingerprint density at radius 3 is 2.65 bits per heavy atom. The zero-order valence-corrected chi connectivity index (χ0v) is 15.3. The minimum absolute atomic E-state index is 0.0127. The van der Waals surface area contributed by atoms with E-state index in [4.69, 9.17) is 0 Å². The molecule has 0 spiro atoms. The molecule has 1 aromatic carbocycles. The van der Waals surface area contributed by atoms with Crippen LogP contribution in [0.3, 0.4) is 0 Å². The quantitative estimate of drug-likeness (QED) is 0.819. The number of benzene rings is 1. The predicted molar refractivity (Wildman–Crippen MR) is 95.9 cm³/mol. The Bertz CT molecular complexity index is 719. The molecule has 0 N–H and O–H groups in total. The monoisotopic (exact) mass is 359 g/mol. The molecular formula is C20H26FN3O2. The number of carbonyl (C=O) groups excluding carboxylic acids is 2. The lowest BCUT2D eigenvalue weighted by atomic mass is 9.79. The van der Waals surface area contributed by atoms with Crippen molar-refractivity contribution in [3.05, 3.63) is 35.6 Å². The fraction of sp³-hybridized carbons (Fsp3) is 0.600. The van der Waals surface area contributed by atoms with E-state index in [1.54, 1.807) is 12.1 Å². The van der Waals surface area contributed by atoms with Crippen LogP contribution >= 0.6 is 0 Å². The molecule has 3 heterocycles. The molecule has 0 unspecified atom stereocenters. The fourth-order valence-electron chi connectivity index (χ4n) is 4.98. The van der Waals surface area contributed by atoms with Crippen LogP contribution in [-0.4, -0.2) is 72.8 Å². The number of rotatable bonds is 3. The Labute approximate surface area is 153 Å². The number of likely N-dealkylation sites (tertiary alicyclic amines) is 3. The van der Waals surface area contributed by atoms with Gasteiger partial charge in [0.2, 0.25) is 11.8 Å². The summed E-state index contributed by atoms with van der Waals surface area (Å²) in [6.07, 6.45) is 2.34. The number of nitrogens with zero attached hydrogens (tertiary/aromatic N) is 3. The highest BCUT2D eigenvalue weighted by atomic mass is 19.1. The summed E-state index contributed by atoms with van der Waals surface area (Å²) in [7, 11) is 2.05. The molecule has 3 fully saturated rings. The molecule has 3 aliphatic rings. The van der Waals surface area contributed by atoms with E-state index >= 15 is 0 Å². The number of carbonyl (C=O) groups is 2. The average Bonchev–Trinajstić information content (AvgIpc) is 3.28. The third-order valence-electron chi connectivity index (χ3n) is 6.20. The molecule has 26 heavy (non-hydrogen) atoms. The molecule has 2 atom stereocenters. The van der Waals surface area contributed by atoms with Crippen molar-refractivity contribution in [2.75, 3.05) is 46.3 Å². The summed E-state index contributed by atoms with van der Waals surface area (Å²) < 4.78 is 13.4. The van der Waals surface area contributed by atoms with Crippen LogP contribution in [0.5, 0.6) is 0 Å². The van der Waals surface area contributed by atoms with E-state index in [1.807, 2.05) is 9.80 Å². The van der Waals surface area contributed by atoms with Gasteiger partial charge in [-0.2, -0.15) is 0 Å². The van der Waals surface area contributed by atoms with Gasteiger partial charge in [0.15, 0.2) is 0 Å². The maximum absolute atomic E-state index is 13.4. The van der Waals surface area contributed by atoms with Crippen molar-refractivity contribution in [3.63, 3.8) is 0 Å². The molecule has 0 aliphatic carbocycles. The van der Waals surface area contributed by atoms with Gasteiger partial charge >= 0.3 is 0 Å². The lowest BCUT2D eigenvalue weighted by Gasteiger charge is -2.32. The lowest BCUT2D eigenvalue weighted by molar-refractivity contribution is -0.141. The van der Waals surface area contributed by atoms with E-state index in [9.17, 15) is 14.0 Å². The first-order chi connectivity index (χ1) is 12.5. The van der Waals surface area contributed by atoms with Gasteiger partial charge in [-0.15, -0.1) is 0 Å². The third-order valence-corrected chi connectivity index (χ3v) is 6.20.